The first-order chi connectivity index (χ1) is 12.3. The fourth-order valence-corrected chi connectivity index (χ4v) is 2.87. The van der Waals surface area contributed by atoms with E-state index in [0.29, 0.717) is 18.1 Å². The highest BCUT2D eigenvalue weighted by Crippen LogP contribution is 2.18. The van der Waals surface area contributed by atoms with Gasteiger partial charge in [0.25, 0.3) is 5.91 Å². The standard InChI is InChI=1S/C20H23IN2O2S/c1-13(2)9-10-25-17-6-4-5-16(12-17)22-20(26)23-19(24)15-8-7-14(3)18(21)11-15/h4-8,11-13H,9-10H2,1-3H3,(H2,22,23,24,26). The fourth-order valence-electron chi connectivity index (χ4n) is 2.15. The summed E-state index contributed by atoms with van der Waals surface area (Å²) in [5, 5.41) is 5.99. The topological polar surface area (TPSA) is 50.4 Å². The molecule has 138 valence electrons. The molecule has 2 N–H and O–H groups in total. The second-order valence-corrected chi connectivity index (χ2v) is 8.00. The molecule has 0 unspecified atom stereocenters. The van der Waals surface area contributed by atoms with Gasteiger partial charge in [0.1, 0.15) is 5.75 Å². The Morgan fingerprint density at radius 2 is 2.00 bits per heavy atom. The summed E-state index contributed by atoms with van der Waals surface area (Å²) in [4.78, 5) is 12.3. The molecule has 1 amide bonds. The Morgan fingerprint density at radius 1 is 1.23 bits per heavy atom. The third-order valence-electron chi connectivity index (χ3n) is 3.72. The summed E-state index contributed by atoms with van der Waals surface area (Å²) in [6, 6.07) is 13.1. The van der Waals surface area contributed by atoms with Crippen LogP contribution in [0.3, 0.4) is 0 Å². The van der Waals surface area contributed by atoms with Crippen LogP contribution in [0.4, 0.5) is 5.69 Å². The van der Waals surface area contributed by atoms with Gasteiger partial charge in [0.2, 0.25) is 0 Å². The van der Waals surface area contributed by atoms with Crippen molar-refractivity contribution in [1.82, 2.24) is 5.32 Å². The van der Waals surface area contributed by atoms with E-state index in [4.69, 9.17) is 17.0 Å². The van der Waals surface area contributed by atoms with E-state index in [0.717, 1.165) is 27.0 Å². The lowest BCUT2D eigenvalue weighted by Crippen LogP contribution is -2.34. The minimum atomic E-state index is -0.232. The summed E-state index contributed by atoms with van der Waals surface area (Å²) in [5.41, 5.74) is 2.49. The van der Waals surface area contributed by atoms with Gasteiger partial charge in [0, 0.05) is 20.9 Å². The van der Waals surface area contributed by atoms with Crippen LogP contribution in [-0.2, 0) is 0 Å². The predicted molar refractivity (Wildman–Crippen MR) is 119 cm³/mol. The third-order valence-corrected chi connectivity index (χ3v) is 5.08. The van der Waals surface area contributed by atoms with E-state index in [-0.39, 0.29) is 11.0 Å². The number of anilines is 1. The number of nitrogens with one attached hydrogen (secondary N) is 2. The van der Waals surface area contributed by atoms with Crippen molar-refractivity contribution in [3.8, 4) is 5.75 Å². The number of carbonyl (C=O) groups is 1. The van der Waals surface area contributed by atoms with Gasteiger partial charge in [-0.3, -0.25) is 10.1 Å². The summed E-state index contributed by atoms with van der Waals surface area (Å²) in [5.74, 6) is 1.14. The number of carbonyl (C=O) groups excluding carboxylic acids is 1. The fraction of sp³-hybridized carbons (Fsp3) is 0.300. The molecular weight excluding hydrogens is 459 g/mol. The number of halogens is 1. The highest BCUT2D eigenvalue weighted by atomic mass is 127. The molecule has 0 spiro atoms. The number of ether oxygens (including phenoxy) is 1. The van der Waals surface area contributed by atoms with Gasteiger partial charge < -0.3 is 10.1 Å². The Labute approximate surface area is 173 Å². The van der Waals surface area contributed by atoms with Crippen LogP contribution in [-0.4, -0.2) is 17.6 Å². The minimum Gasteiger partial charge on any atom is -0.494 e. The van der Waals surface area contributed by atoms with E-state index in [1.807, 2.05) is 43.3 Å². The zero-order valence-corrected chi connectivity index (χ0v) is 18.1. The highest BCUT2D eigenvalue weighted by molar-refractivity contribution is 14.1. The molecule has 0 saturated carbocycles. The van der Waals surface area contributed by atoms with Gasteiger partial charge in [-0.05, 0) is 83.9 Å². The van der Waals surface area contributed by atoms with Gasteiger partial charge in [0.15, 0.2) is 5.11 Å². The molecule has 6 heteroatoms. The lowest BCUT2D eigenvalue weighted by atomic mass is 10.1. The molecule has 0 fully saturated rings. The molecule has 0 aliphatic rings. The van der Waals surface area contributed by atoms with Crippen LogP contribution >= 0.6 is 34.8 Å². The van der Waals surface area contributed by atoms with Gasteiger partial charge in [-0.2, -0.15) is 0 Å². The first kappa shape index (κ1) is 20.6. The molecular formula is C20H23IN2O2S. The summed E-state index contributed by atoms with van der Waals surface area (Å²) in [7, 11) is 0. The quantitative estimate of drug-likeness (QED) is 0.442. The van der Waals surface area contributed by atoms with Crippen LogP contribution in [0.25, 0.3) is 0 Å². The molecule has 4 nitrogen and oxygen atoms in total. The molecule has 2 aromatic carbocycles. The largest absolute Gasteiger partial charge is 0.494 e. The first-order valence-corrected chi connectivity index (χ1v) is 9.95. The lowest BCUT2D eigenvalue weighted by molar-refractivity contribution is 0.0977. The maximum Gasteiger partial charge on any atom is 0.257 e. The zero-order chi connectivity index (χ0) is 19.1. The SMILES string of the molecule is Cc1ccc(C(=O)NC(=S)Nc2cccc(OCCC(C)C)c2)cc1I. The molecule has 2 rings (SSSR count). The van der Waals surface area contributed by atoms with Crippen molar-refractivity contribution in [3.63, 3.8) is 0 Å². The molecule has 2 aromatic rings. The Hall–Kier alpha value is -1.67. The lowest BCUT2D eigenvalue weighted by Gasteiger charge is -2.12. The van der Waals surface area contributed by atoms with Crippen molar-refractivity contribution in [1.29, 1.82) is 0 Å². The van der Waals surface area contributed by atoms with E-state index in [2.05, 4.69) is 47.1 Å². The second kappa shape index (κ2) is 9.87. The Kier molecular flexibility index (Phi) is 7.84. The van der Waals surface area contributed by atoms with Gasteiger partial charge in [0.05, 0.1) is 6.61 Å². The molecule has 26 heavy (non-hydrogen) atoms. The highest BCUT2D eigenvalue weighted by Gasteiger charge is 2.09. The van der Waals surface area contributed by atoms with Gasteiger partial charge in [-0.15, -0.1) is 0 Å². The molecule has 0 saturated heterocycles. The number of aryl methyl sites for hydroxylation is 1. The first-order valence-electron chi connectivity index (χ1n) is 8.46. The molecule has 0 radical (unpaired) electrons. The summed E-state index contributed by atoms with van der Waals surface area (Å²) < 4.78 is 6.78. The Balaban J connectivity index is 1.92. The van der Waals surface area contributed by atoms with E-state index < -0.39 is 0 Å². The number of benzene rings is 2. The number of thiocarbonyl (C=S) groups is 1. The van der Waals surface area contributed by atoms with Gasteiger partial charge in [-0.25, -0.2) is 0 Å². The second-order valence-electron chi connectivity index (χ2n) is 6.43. The molecule has 0 heterocycles. The van der Waals surface area contributed by atoms with Crippen LogP contribution in [0.15, 0.2) is 42.5 Å². The predicted octanol–water partition coefficient (Wildman–Crippen LogP) is 5.15. The van der Waals surface area contributed by atoms with Gasteiger partial charge >= 0.3 is 0 Å². The zero-order valence-electron chi connectivity index (χ0n) is 15.1. The van der Waals surface area contributed by atoms with Crippen molar-refractivity contribution < 1.29 is 9.53 Å². The smallest absolute Gasteiger partial charge is 0.257 e. The molecule has 0 aliphatic carbocycles. The third kappa shape index (κ3) is 6.57. The molecule has 0 bridgehead atoms. The number of hydrogen-bond donors (Lipinski definition) is 2. The number of amides is 1. The average molecular weight is 482 g/mol. The van der Waals surface area contributed by atoms with Crippen LogP contribution in [0.1, 0.15) is 36.2 Å². The maximum atomic E-state index is 12.3. The van der Waals surface area contributed by atoms with Crippen molar-refractivity contribution in [2.45, 2.75) is 27.2 Å². The van der Waals surface area contributed by atoms with Crippen molar-refractivity contribution in [2.24, 2.45) is 5.92 Å². The summed E-state index contributed by atoms with van der Waals surface area (Å²) >= 11 is 7.46. The van der Waals surface area contributed by atoms with Crippen LogP contribution < -0.4 is 15.4 Å². The average Bonchev–Trinajstić information content (AvgIpc) is 2.57. The number of hydrogen-bond acceptors (Lipinski definition) is 3. The Morgan fingerprint density at radius 3 is 2.69 bits per heavy atom. The minimum absolute atomic E-state index is 0.232. The van der Waals surface area contributed by atoms with Crippen molar-refractivity contribution >= 4 is 51.5 Å². The Bertz CT molecular complexity index is 793. The molecule has 0 atom stereocenters. The molecule has 0 aliphatic heterocycles. The normalized spacial score (nSPS) is 10.5. The van der Waals surface area contributed by atoms with Crippen LogP contribution in [0.5, 0.6) is 5.75 Å². The van der Waals surface area contributed by atoms with E-state index in [1.165, 1.54) is 0 Å². The van der Waals surface area contributed by atoms with Crippen LogP contribution in [0.2, 0.25) is 0 Å². The van der Waals surface area contributed by atoms with Crippen LogP contribution in [0, 0.1) is 16.4 Å². The van der Waals surface area contributed by atoms with Crippen molar-refractivity contribution in [3.05, 3.63) is 57.2 Å². The van der Waals surface area contributed by atoms with Gasteiger partial charge in [-0.1, -0.05) is 26.0 Å². The van der Waals surface area contributed by atoms with Crippen molar-refractivity contribution in [2.75, 3.05) is 11.9 Å². The van der Waals surface area contributed by atoms with E-state index >= 15 is 0 Å². The monoisotopic (exact) mass is 482 g/mol. The summed E-state index contributed by atoms with van der Waals surface area (Å²) in [6.07, 6.45) is 1.00. The summed E-state index contributed by atoms with van der Waals surface area (Å²) in [6.45, 7) is 7.01. The van der Waals surface area contributed by atoms with E-state index in [1.54, 1.807) is 6.07 Å². The van der Waals surface area contributed by atoms with E-state index in [9.17, 15) is 4.79 Å². The number of rotatable bonds is 6. The molecule has 0 aromatic heterocycles. The maximum absolute atomic E-state index is 12.3.